The molecule has 152 valence electrons. The largest absolute Gasteiger partial charge is 0.354 e. The number of nitrogens with one attached hydrogen (secondary N) is 1. The first-order valence-corrected chi connectivity index (χ1v) is 9.94. The minimum Gasteiger partial charge on any atom is -0.354 e. The van der Waals surface area contributed by atoms with Crippen molar-refractivity contribution in [2.24, 2.45) is 4.99 Å². The molecular weight excluding hydrogens is 386 g/mol. The molecule has 3 heterocycles. The van der Waals surface area contributed by atoms with Gasteiger partial charge in [0.2, 0.25) is 5.95 Å². The molecule has 0 unspecified atom stereocenters. The number of halogens is 2. The zero-order valence-electron chi connectivity index (χ0n) is 16.3. The summed E-state index contributed by atoms with van der Waals surface area (Å²) >= 11 is 0. The van der Waals surface area contributed by atoms with Crippen LogP contribution in [0.4, 0.5) is 8.78 Å². The summed E-state index contributed by atoms with van der Waals surface area (Å²) in [7, 11) is 0. The van der Waals surface area contributed by atoms with Crippen LogP contribution in [-0.4, -0.2) is 21.4 Å². The van der Waals surface area contributed by atoms with Gasteiger partial charge >= 0.3 is 0 Å². The lowest BCUT2D eigenvalue weighted by atomic mass is 9.79. The lowest BCUT2D eigenvalue weighted by Crippen LogP contribution is -2.48. The van der Waals surface area contributed by atoms with Crippen LogP contribution in [0.5, 0.6) is 0 Å². The zero-order chi connectivity index (χ0) is 20.9. The molecule has 2 aliphatic rings. The molecule has 30 heavy (non-hydrogen) atoms. The summed E-state index contributed by atoms with van der Waals surface area (Å²) in [4.78, 5) is 20.8. The van der Waals surface area contributed by atoms with Gasteiger partial charge in [-0.05, 0) is 49.6 Å². The van der Waals surface area contributed by atoms with Crippen LogP contribution in [0, 0.1) is 11.8 Å². The highest BCUT2D eigenvalue weighted by Crippen LogP contribution is 2.39. The third kappa shape index (κ3) is 3.01. The Hall–Kier alpha value is -3.35. The molecule has 1 fully saturated rings. The molecule has 0 spiro atoms. The summed E-state index contributed by atoms with van der Waals surface area (Å²) in [5, 5.41) is 3.50. The van der Waals surface area contributed by atoms with Gasteiger partial charge in [-0.25, -0.2) is 9.37 Å². The fraction of sp³-hybridized carbons (Fsp3) is 0.261. The summed E-state index contributed by atoms with van der Waals surface area (Å²) in [6.07, 6.45) is 5.31. The maximum atomic E-state index is 13.6. The average Bonchev–Trinajstić information content (AvgIpc) is 3.52. The first-order valence-electron chi connectivity index (χ1n) is 9.94. The summed E-state index contributed by atoms with van der Waals surface area (Å²) < 4.78 is 28.9. The molecule has 1 aromatic carbocycles. The number of nitrogens with zero attached hydrogens (tertiary/aromatic N) is 3. The van der Waals surface area contributed by atoms with Crippen LogP contribution < -0.4 is 10.9 Å². The van der Waals surface area contributed by atoms with Crippen molar-refractivity contribution >= 4 is 5.84 Å². The summed E-state index contributed by atoms with van der Waals surface area (Å²) in [5.41, 5.74) is 1.44. The number of amidine groups is 1. The molecule has 0 amide bonds. The van der Waals surface area contributed by atoms with Crippen LogP contribution in [-0.2, 0) is 5.54 Å². The molecule has 5 nitrogen and oxygen atoms in total. The van der Waals surface area contributed by atoms with E-state index < -0.39 is 11.5 Å². The maximum Gasteiger partial charge on any atom is 0.250 e. The molecule has 2 aromatic heterocycles. The Morgan fingerprint density at radius 3 is 2.43 bits per heavy atom. The summed E-state index contributed by atoms with van der Waals surface area (Å²) in [6.45, 7) is 1.95. The predicted molar refractivity (Wildman–Crippen MR) is 109 cm³/mol. The van der Waals surface area contributed by atoms with Gasteiger partial charge in [-0.3, -0.25) is 9.79 Å². The molecule has 0 bridgehead atoms. The summed E-state index contributed by atoms with van der Waals surface area (Å²) in [5.74, 6) is -0.281. The fourth-order valence-corrected chi connectivity index (χ4v) is 4.16. The molecular formula is C23H20F2N4O. The van der Waals surface area contributed by atoms with E-state index in [2.05, 4.69) is 10.3 Å². The predicted octanol–water partition coefficient (Wildman–Crippen LogP) is 3.54. The zero-order valence-corrected chi connectivity index (χ0v) is 16.3. The Kier molecular flexibility index (Phi) is 4.27. The molecule has 5 rings (SSSR count). The number of aliphatic imine (C=N–C) groups is 1. The highest BCUT2D eigenvalue weighted by atomic mass is 19.1. The van der Waals surface area contributed by atoms with Gasteiger partial charge in [0.05, 0.1) is 6.04 Å². The van der Waals surface area contributed by atoms with Crippen LogP contribution in [0.15, 0.2) is 70.7 Å². The monoisotopic (exact) mass is 406 g/mol. The van der Waals surface area contributed by atoms with Crippen LogP contribution in [0.1, 0.15) is 42.5 Å². The second-order valence-electron chi connectivity index (χ2n) is 7.86. The second-order valence-corrected chi connectivity index (χ2v) is 7.86. The quantitative estimate of drug-likeness (QED) is 0.675. The Labute approximate surface area is 172 Å². The number of hydrogen-bond acceptors (Lipinski definition) is 4. The Morgan fingerprint density at radius 2 is 1.77 bits per heavy atom. The van der Waals surface area contributed by atoms with E-state index in [4.69, 9.17) is 4.99 Å². The van der Waals surface area contributed by atoms with E-state index in [1.807, 2.05) is 13.1 Å². The number of benzene rings is 1. The minimum atomic E-state index is -0.843. The van der Waals surface area contributed by atoms with Crippen molar-refractivity contribution in [2.75, 3.05) is 0 Å². The molecule has 3 aromatic rings. The Balaban J connectivity index is 1.61. The molecule has 2 atom stereocenters. The van der Waals surface area contributed by atoms with Crippen molar-refractivity contribution in [1.82, 2.24) is 14.9 Å². The number of hydrogen-bond donors (Lipinski definition) is 1. The van der Waals surface area contributed by atoms with E-state index in [1.54, 1.807) is 34.9 Å². The first kappa shape index (κ1) is 18.7. The van der Waals surface area contributed by atoms with Crippen molar-refractivity contribution in [3.8, 4) is 0 Å². The average molecular weight is 406 g/mol. The van der Waals surface area contributed by atoms with Gasteiger partial charge in [0.25, 0.3) is 5.56 Å². The smallest absolute Gasteiger partial charge is 0.250 e. The van der Waals surface area contributed by atoms with E-state index in [0.717, 1.165) is 29.5 Å². The SMILES string of the molecule is C[C@@H]1N=C(c2ccc(=O)n(C3CC3)c2)N[C@@]1(c1ccc(F)cc1)c1ccc(F)nc1. The standard InChI is InChI=1S/C23H20F2N4O/c1-14-23(16-3-6-18(24)7-4-16,17-5-10-20(25)26-12-17)28-22(27-14)15-2-11-21(30)29(13-15)19-8-9-19/h2-7,10-14,19H,8-9H2,1H3,(H,27,28)/t14-,23-/m0/s1. The first-order chi connectivity index (χ1) is 14.5. The molecule has 7 heteroatoms. The minimum absolute atomic E-state index is 0.0274. The number of pyridine rings is 2. The van der Waals surface area contributed by atoms with Crippen LogP contribution in [0.2, 0.25) is 0 Å². The van der Waals surface area contributed by atoms with Gasteiger partial charge in [0, 0.05) is 35.6 Å². The molecule has 0 radical (unpaired) electrons. The van der Waals surface area contributed by atoms with E-state index in [-0.39, 0.29) is 23.5 Å². The van der Waals surface area contributed by atoms with Gasteiger partial charge < -0.3 is 9.88 Å². The second kappa shape index (κ2) is 6.86. The molecule has 0 saturated heterocycles. The highest BCUT2D eigenvalue weighted by Gasteiger charge is 2.45. The van der Waals surface area contributed by atoms with Crippen LogP contribution in [0.25, 0.3) is 0 Å². The fourth-order valence-electron chi connectivity index (χ4n) is 4.16. The van der Waals surface area contributed by atoms with Crippen molar-refractivity contribution < 1.29 is 8.78 Å². The van der Waals surface area contributed by atoms with Gasteiger partial charge in [0.15, 0.2) is 0 Å². The van der Waals surface area contributed by atoms with E-state index >= 15 is 0 Å². The van der Waals surface area contributed by atoms with Crippen molar-refractivity contribution in [3.05, 3.63) is 99.7 Å². The third-order valence-corrected chi connectivity index (χ3v) is 5.90. The lowest BCUT2D eigenvalue weighted by molar-refractivity contribution is 0.430. The molecule has 1 N–H and O–H groups in total. The van der Waals surface area contributed by atoms with Crippen LogP contribution in [0.3, 0.4) is 0 Å². The Morgan fingerprint density at radius 1 is 1.03 bits per heavy atom. The van der Waals surface area contributed by atoms with E-state index in [9.17, 15) is 13.6 Å². The van der Waals surface area contributed by atoms with Crippen molar-refractivity contribution in [1.29, 1.82) is 0 Å². The van der Waals surface area contributed by atoms with Gasteiger partial charge in [-0.2, -0.15) is 4.39 Å². The number of rotatable bonds is 4. The van der Waals surface area contributed by atoms with E-state index in [0.29, 0.717) is 5.84 Å². The number of aromatic nitrogens is 2. The lowest BCUT2D eigenvalue weighted by Gasteiger charge is -2.34. The topological polar surface area (TPSA) is 59.3 Å². The molecule has 1 saturated carbocycles. The normalized spacial score (nSPS) is 23.2. The van der Waals surface area contributed by atoms with Crippen molar-refractivity contribution in [3.63, 3.8) is 0 Å². The van der Waals surface area contributed by atoms with E-state index in [1.165, 1.54) is 24.4 Å². The van der Waals surface area contributed by atoms with Crippen molar-refractivity contribution in [2.45, 2.75) is 37.4 Å². The van der Waals surface area contributed by atoms with Gasteiger partial charge in [-0.15, -0.1) is 0 Å². The summed E-state index contributed by atoms with van der Waals surface area (Å²) in [6, 6.07) is 12.4. The van der Waals surface area contributed by atoms with Crippen LogP contribution >= 0.6 is 0 Å². The molecule has 1 aliphatic carbocycles. The maximum absolute atomic E-state index is 13.6. The molecule has 1 aliphatic heterocycles. The van der Waals surface area contributed by atoms with Gasteiger partial charge in [0.1, 0.15) is 17.2 Å². The third-order valence-electron chi connectivity index (χ3n) is 5.90. The highest BCUT2D eigenvalue weighted by molar-refractivity contribution is 6.01. The Bertz CT molecular complexity index is 1140. The van der Waals surface area contributed by atoms with Gasteiger partial charge in [-0.1, -0.05) is 18.2 Å².